The number of carbonyl (C=O) groups is 1. The zero-order chi connectivity index (χ0) is 24.9. The summed E-state index contributed by atoms with van der Waals surface area (Å²) in [5, 5.41) is 3.15. The van der Waals surface area contributed by atoms with Crippen molar-refractivity contribution in [1.29, 1.82) is 0 Å². The Morgan fingerprint density at radius 3 is 2.67 bits per heavy atom. The van der Waals surface area contributed by atoms with Gasteiger partial charge in [-0.15, -0.1) is 6.58 Å². The lowest BCUT2D eigenvalue weighted by Crippen LogP contribution is -2.32. The van der Waals surface area contributed by atoms with Crippen molar-refractivity contribution in [3.8, 4) is 0 Å². The fourth-order valence-corrected chi connectivity index (χ4v) is 3.16. The molecule has 1 unspecified atom stereocenters. The average molecular weight is 450 g/mol. The van der Waals surface area contributed by atoms with Crippen LogP contribution in [-0.2, 0) is 4.79 Å². The van der Waals surface area contributed by atoms with Gasteiger partial charge in [-0.2, -0.15) is 0 Å². The van der Waals surface area contributed by atoms with Crippen LogP contribution in [0.3, 0.4) is 0 Å². The van der Waals surface area contributed by atoms with Crippen LogP contribution in [0.5, 0.6) is 0 Å². The standard InChI is InChI=1S/C17H27N3O.C12H16/c1-4-7-15(18)12-20(3)11-10-16-14(13-21)8-5-6-9-17(16)19-2;1-4-7-8-11-12(9-5-2)10-6-3/h5,8-11,13,15,19H,4,6-7,12,18H2,1-3H3;4-9,11H,2-3,10H2,1H3/b11-10-;7-4-,11-8-,12-9-. The molecule has 0 aromatic carbocycles. The van der Waals surface area contributed by atoms with E-state index in [4.69, 9.17) is 5.73 Å². The van der Waals surface area contributed by atoms with Gasteiger partial charge >= 0.3 is 0 Å². The lowest BCUT2D eigenvalue weighted by Gasteiger charge is -2.19. The second kappa shape index (κ2) is 19.6. The highest BCUT2D eigenvalue weighted by Gasteiger charge is 2.09. The summed E-state index contributed by atoms with van der Waals surface area (Å²) >= 11 is 0. The lowest BCUT2D eigenvalue weighted by atomic mass is 10.1. The maximum Gasteiger partial charge on any atom is 0.150 e. The maximum atomic E-state index is 11.3. The number of carbonyl (C=O) groups excluding carboxylic acids is 1. The number of hydrogen-bond acceptors (Lipinski definition) is 4. The molecule has 33 heavy (non-hydrogen) atoms. The Bertz CT molecular complexity index is 807. The second-order valence-corrected chi connectivity index (χ2v) is 7.65. The molecule has 1 aliphatic rings. The molecule has 4 nitrogen and oxygen atoms in total. The Morgan fingerprint density at radius 1 is 1.33 bits per heavy atom. The van der Waals surface area contributed by atoms with E-state index in [0.29, 0.717) is 5.57 Å². The highest BCUT2D eigenvalue weighted by atomic mass is 16.1. The summed E-state index contributed by atoms with van der Waals surface area (Å²) in [5.74, 6) is 0. The van der Waals surface area contributed by atoms with Gasteiger partial charge in [0.25, 0.3) is 0 Å². The molecule has 0 heterocycles. The highest BCUT2D eigenvalue weighted by Crippen LogP contribution is 2.19. The van der Waals surface area contributed by atoms with Crippen LogP contribution in [0.4, 0.5) is 0 Å². The number of likely N-dealkylation sites (N-methyl/N-ethyl adjacent to an activating group) is 2. The Morgan fingerprint density at radius 2 is 2.09 bits per heavy atom. The van der Waals surface area contributed by atoms with E-state index in [1.165, 1.54) is 5.57 Å². The minimum absolute atomic E-state index is 0.178. The third-order valence-corrected chi connectivity index (χ3v) is 4.76. The number of nitrogens with zero attached hydrogens (tertiary/aromatic N) is 1. The highest BCUT2D eigenvalue weighted by molar-refractivity contribution is 5.82. The van der Waals surface area contributed by atoms with Gasteiger partial charge in [0.2, 0.25) is 0 Å². The van der Waals surface area contributed by atoms with Crippen molar-refractivity contribution >= 4 is 6.29 Å². The van der Waals surface area contributed by atoms with Gasteiger partial charge in [0, 0.05) is 43.5 Å². The van der Waals surface area contributed by atoms with Crippen LogP contribution in [0, 0.1) is 0 Å². The van der Waals surface area contributed by atoms with Crippen molar-refractivity contribution in [3.63, 3.8) is 0 Å². The Balaban J connectivity index is 0.000000728. The second-order valence-electron chi connectivity index (χ2n) is 7.65. The van der Waals surface area contributed by atoms with Gasteiger partial charge in [-0.25, -0.2) is 0 Å². The number of allylic oxidation sites excluding steroid dienone is 13. The fourth-order valence-electron chi connectivity index (χ4n) is 3.16. The molecule has 0 saturated carbocycles. The molecule has 0 aliphatic heterocycles. The first-order chi connectivity index (χ1) is 16.0. The van der Waals surface area contributed by atoms with Crippen molar-refractivity contribution in [1.82, 2.24) is 10.2 Å². The summed E-state index contributed by atoms with van der Waals surface area (Å²) in [4.78, 5) is 13.3. The molecular formula is C29H43N3O. The molecule has 1 atom stereocenters. The van der Waals surface area contributed by atoms with E-state index in [1.807, 2.05) is 75.8 Å². The van der Waals surface area contributed by atoms with Crippen LogP contribution >= 0.6 is 0 Å². The Kier molecular flexibility index (Phi) is 17.7. The third kappa shape index (κ3) is 13.8. The summed E-state index contributed by atoms with van der Waals surface area (Å²) in [7, 11) is 3.87. The number of aldehydes is 1. The van der Waals surface area contributed by atoms with Gasteiger partial charge in [0.1, 0.15) is 0 Å². The topological polar surface area (TPSA) is 58.4 Å². The molecule has 3 N–H and O–H groups in total. The predicted molar refractivity (Wildman–Crippen MR) is 146 cm³/mol. The molecule has 0 amide bonds. The van der Waals surface area contributed by atoms with E-state index < -0.39 is 0 Å². The number of hydrogen-bond donors (Lipinski definition) is 2. The monoisotopic (exact) mass is 449 g/mol. The molecule has 0 aromatic heterocycles. The van der Waals surface area contributed by atoms with Crippen LogP contribution in [0.2, 0.25) is 0 Å². The molecule has 0 saturated heterocycles. The molecule has 1 rings (SSSR count). The van der Waals surface area contributed by atoms with Crippen LogP contribution in [0.25, 0.3) is 0 Å². The van der Waals surface area contributed by atoms with E-state index >= 15 is 0 Å². The molecule has 1 aliphatic carbocycles. The van der Waals surface area contributed by atoms with Crippen LogP contribution < -0.4 is 11.1 Å². The van der Waals surface area contributed by atoms with Crippen LogP contribution in [-0.4, -0.2) is 37.9 Å². The normalized spacial score (nSPS) is 15.2. The molecule has 0 aromatic rings. The van der Waals surface area contributed by atoms with E-state index in [1.54, 1.807) is 6.08 Å². The predicted octanol–water partition coefficient (Wildman–Crippen LogP) is 5.93. The summed E-state index contributed by atoms with van der Waals surface area (Å²) in [6.45, 7) is 12.3. The first kappa shape index (κ1) is 29.9. The van der Waals surface area contributed by atoms with E-state index in [0.717, 1.165) is 49.8 Å². The van der Waals surface area contributed by atoms with Crippen LogP contribution in [0.15, 0.2) is 109 Å². The van der Waals surface area contributed by atoms with E-state index in [2.05, 4.69) is 42.5 Å². The largest absolute Gasteiger partial charge is 0.388 e. The summed E-state index contributed by atoms with van der Waals surface area (Å²) in [6, 6.07) is 0.178. The zero-order valence-corrected chi connectivity index (χ0v) is 21.0. The van der Waals surface area contributed by atoms with E-state index in [9.17, 15) is 4.79 Å². The fraction of sp³-hybridized carbons (Fsp3) is 0.345. The minimum Gasteiger partial charge on any atom is -0.388 e. The maximum absolute atomic E-state index is 11.3. The van der Waals surface area contributed by atoms with Crippen molar-refractivity contribution in [2.75, 3.05) is 20.6 Å². The summed E-state index contributed by atoms with van der Waals surface area (Å²) in [5.41, 5.74) is 9.85. The van der Waals surface area contributed by atoms with Gasteiger partial charge < -0.3 is 16.0 Å². The summed E-state index contributed by atoms with van der Waals surface area (Å²) < 4.78 is 0. The molecular weight excluding hydrogens is 406 g/mol. The molecule has 0 radical (unpaired) electrons. The van der Waals surface area contributed by atoms with Gasteiger partial charge in [0.15, 0.2) is 6.29 Å². The number of nitrogens with two attached hydrogens (primary N) is 1. The van der Waals surface area contributed by atoms with Gasteiger partial charge in [-0.1, -0.05) is 80.7 Å². The van der Waals surface area contributed by atoms with Gasteiger partial charge in [-0.05, 0) is 44.0 Å². The number of nitrogens with one attached hydrogen (secondary N) is 1. The first-order valence-corrected chi connectivity index (χ1v) is 11.6. The molecule has 0 bridgehead atoms. The van der Waals surface area contributed by atoms with E-state index in [-0.39, 0.29) is 6.04 Å². The SMILES string of the molecule is C=C\C=C(/C=C\C=C/C)CC=C.CCCC(N)CN(C)/C=C\C1=C(C=O)C=CCC=C1NC. The van der Waals surface area contributed by atoms with Gasteiger partial charge in [0.05, 0.1) is 0 Å². The smallest absolute Gasteiger partial charge is 0.150 e. The van der Waals surface area contributed by atoms with Crippen molar-refractivity contribution < 1.29 is 4.79 Å². The number of rotatable bonds is 13. The Hall–Kier alpha value is -3.11. The van der Waals surface area contributed by atoms with Crippen molar-refractivity contribution in [3.05, 3.63) is 109 Å². The third-order valence-electron chi connectivity index (χ3n) is 4.76. The van der Waals surface area contributed by atoms with Crippen molar-refractivity contribution in [2.24, 2.45) is 5.73 Å². The first-order valence-electron chi connectivity index (χ1n) is 11.6. The lowest BCUT2D eigenvalue weighted by molar-refractivity contribution is -0.104. The minimum atomic E-state index is 0.178. The molecule has 0 spiro atoms. The molecule has 180 valence electrons. The summed E-state index contributed by atoms with van der Waals surface area (Å²) in [6.07, 6.45) is 28.3. The average Bonchev–Trinajstić information content (AvgIpc) is 3.00. The van der Waals surface area contributed by atoms with Crippen LogP contribution in [0.1, 0.15) is 39.5 Å². The quantitative estimate of drug-likeness (QED) is 0.208. The molecule has 4 heteroatoms. The van der Waals surface area contributed by atoms with Crippen molar-refractivity contribution in [2.45, 2.75) is 45.6 Å². The molecule has 0 fully saturated rings. The Labute approximate surface area is 202 Å². The van der Waals surface area contributed by atoms with Gasteiger partial charge in [-0.3, -0.25) is 4.79 Å². The zero-order valence-electron chi connectivity index (χ0n) is 21.0.